The number of para-hydroxylation sites is 2. The Labute approximate surface area is 166 Å². The summed E-state index contributed by atoms with van der Waals surface area (Å²) < 4.78 is 8.67. The van der Waals surface area contributed by atoms with Crippen molar-refractivity contribution in [3.05, 3.63) is 95.3 Å². The molecule has 1 heterocycles. The summed E-state index contributed by atoms with van der Waals surface area (Å²) in [5.41, 5.74) is 5.88. The molecule has 1 atom stereocenters. The standard InChI is InChI=1S/C25H26N2O/c1-4-24(28-21-9-7-8-19(3)16-21)25-26-22-10-5-6-11-23(22)27(25)17-20-14-12-18(2)13-15-20/h5-16,24H,4,17H2,1-3H3. The Balaban J connectivity index is 1.75. The van der Waals surface area contributed by atoms with Crippen LogP contribution in [0.25, 0.3) is 11.0 Å². The number of imidazole rings is 1. The minimum absolute atomic E-state index is 0.0975. The lowest BCUT2D eigenvalue weighted by Gasteiger charge is -2.19. The summed E-state index contributed by atoms with van der Waals surface area (Å²) in [5.74, 6) is 1.87. The molecule has 0 saturated heterocycles. The predicted molar refractivity (Wildman–Crippen MR) is 115 cm³/mol. The number of aromatic nitrogens is 2. The van der Waals surface area contributed by atoms with E-state index in [1.807, 2.05) is 18.2 Å². The van der Waals surface area contributed by atoms with Gasteiger partial charge in [0.1, 0.15) is 5.75 Å². The van der Waals surface area contributed by atoms with E-state index in [1.54, 1.807) is 0 Å². The fourth-order valence-electron chi connectivity index (χ4n) is 3.55. The van der Waals surface area contributed by atoms with Crippen molar-refractivity contribution >= 4 is 11.0 Å². The molecule has 142 valence electrons. The monoisotopic (exact) mass is 370 g/mol. The molecule has 0 amide bonds. The van der Waals surface area contributed by atoms with Crippen LogP contribution in [0.15, 0.2) is 72.8 Å². The average Bonchev–Trinajstić information content (AvgIpc) is 3.06. The molecular formula is C25H26N2O. The molecule has 1 aromatic heterocycles. The normalized spacial score (nSPS) is 12.2. The van der Waals surface area contributed by atoms with Crippen molar-refractivity contribution in [3.63, 3.8) is 0 Å². The van der Waals surface area contributed by atoms with E-state index in [9.17, 15) is 0 Å². The van der Waals surface area contributed by atoms with Crippen LogP contribution in [-0.4, -0.2) is 9.55 Å². The fourth-order valence-corrected chi connectivity index (χ4v) is 3.55. The molecule has 4 aromatic rings. The molecule has 0 spiro atoms. The average molecular weight is 370 g/mol. The first-order valence-electron chi connectivity index (χ1n) is 9.88. The maximum atomic E-state index is 6.37. The summed E-state index contributed by atoms with van der Waals surface area (Å²) in [6, 6.07) is 25.2. The topological polar surface area (TPSA) is 27.1 Å². The van der Waals surface area contributed by atoms with Gasteiger partial charge in [0.25, 0.3) is 0 Å². The molecule has 4 rings (SSSR count). The number of nitrogens with zero attached hydrogens (tertiary/aromatic N) is 2. The van der Waals surface area contributed by atoms with Crippen LogP contribution in [0.4, 0.5) is 0 Å². The Morgan fingerprint density at radius 2 is 1.68 bits per heavy atom. The van der Waals surface area contributed by atoms with E-state index in [0.717, 1.165) is 35.6 Å². The quantitative estimate of drug-likeness (QED) is 0.402. The second-order valence-corrected chi connectivity index (χ2v) is 7.36. The molecule has 0 aliphatic heterocycles. The van der Waals surface area contributed by atoms with Crippen molar-refractivity contribution in [2.45, 2.75) is 39.8 Å². The Hall–Kier alpha value is -3.07. The third-order valence-corrected chi connectivity index (χ3v) is 5.07. The molecule has 0 fully saturated rings. The molecule has 3 nitrogen and oxygen atoms in total. The van der Waals surface area contributed by atoms with Crippen molar-refractivity contribution < 1.29 is 4.74 Å². The van der Waals surface area contributed by atoms with Gasteiger partial charge in [-0.05, 0) is 55.7 Å². The number of ether oxygens (including phenoxy) is 1. The third kappa shape index (κ3) is 3.79. The first-order chi connectivity index (χ1) is 13.6. The van der Waals surface area contributed by atoms with Crippen LogP contribution in [0.5, 0.6) is 5.75 Å². The number of fused-ring (bicyclic) bond motifs is 1. The van der Waals surface area contributed by atoms with Gasteiger partial charge in [-0.25, -0.2) is 4.98 Å². The minimum Gasteiger partial charge on any atom is -0.483 e. The van der Waals surface area contributed by atoms with E-state index in [4.69, 9.17) is 9.72 Å². The minimum atomic E-state index is -0.0975. The third-order valence-electron chi connectivity index (χ3n) is 5.07. The van der Waals surface area contributed by atoms with E-state index in [0.29, 0.717) is 0 Å². The second kappa shape index (κ2) is 7.89. The van der Waals surface area contributed by atoms with Crippen LogP contribution in [0, 0.1) is 13.8 Å². The van der Waals surface area contributed by atoms with E-state index in [2.05, 4.69) is 79.9 Å². The highest BCUT2D eigenvalue weighted by Gasteiger charge is 2.21. The van der Waals surface area contributed by atoms with E-state index < -0.39 is 0 Å². The van der Waals surface area contributed by atoms with Gasteiger partial charge in [-0.1, -0.05) is 61.0 Å². The van der Waals surface area contributed by atoms with Gasteiger partial charge < -0.3 is 9.30 Å². The van der Waals surface area contributed by atoms with Crippen LogP contribution >= 0.6 is 0 Å². The highest BCUT2D eigenvalue weighted by Crippen LogP contribution is 2.28. The zero-order valence-corrected chi connectivity index (χ0v) is 16.7. The Bertz CT molecular complexity index is 1080. The number of aryl methyl sites for hydroxylation is 2. The molecule has 0 aliphatic carbocycles. The van der Waals surface area contributed by atoms with Gasteiger partial charge in [0.2, 0.25) is 0 Å². The maximum absolute atomic E-state index is 6.37. The molecule has 0 radical (unpaired) electrons. The lowest BCUT2D eigenvalue weighted by atomic mass is 10.1. The molecular weight excluding hydrogens is 344 g/mol. The fraction of sp³-hybridized carbons (Fsp3) is 0.240. The SMILES string of the molecule is CCC(Oc1cccc(C)c1)c1nc2ccccc2n1Cc1ccc(C)cc1. The summed E-state index contributed by atoms with van der Waals surface area (Å²) >= 11 is 0. The molecule has 0 bridgehead atoms. The van der Waals surface area contributed by atoms with Crippen molar-refractivity contribution in [1.82, 2.24) is 9.55 Å². The molecule has 0 N–H and O–H groups in total. The second-order valence-electron chi connectivity index (χ2n) is 7.36. The first-order valence-corrected chi connectivity index (χ1v) is 9.88. The molecule has 3 heteroatoms. The maximum Gasteiger partial charge on any atom is 0.156 e. The number of rotatable bonds is 6. The molecule has 0 aliphatic rings. The van der Waals surface area contributed by atoms with E-state index >= 15 is 0 Å². The largest absolute Gasteiger partial charge is 0.483 e. The molecule has 28 heavy (non-hydrogen) atoms. The molecule has 3 aromatic carbocycles. The van der Waals surface area contributed by atoms with Crippen LogP contribution in [0.1, 0.15) is 42.0 Å². The van der Waals surface area contributed by atoms with Crippen LogP contribution in [-0.2, 0) is 6.54 Å². The highest BCUT2D eigenvalue weighted by atomic mass is 16.5. The van der Waals surface area contributed by atoms with Gasteiger partial charge in [0, 0.05) is 6.54 Å². The number of benzene rings is 3. The highest BCUT2D eigenvalue weighted by molar-refractivity contribution is 5.76. The van der Waals surface area contributed by atoms with Crippen molar-refractivity contribution in [3.8, 4) is 5.75 Å². The van der Waals surface area contributed by atoms with Gasteiger partial charge >= 0.3 is 0 Å². The van der Waals surface area contributed by atoms with Crippen LogP contribution < -0.4 is 4.74 Å². The smallest absolute Gasteiger partial charge is 0.156 e. The predicted octanol–water partition coefficient (Wildman–Crippen LogP) is 6.23. The Morgan fingerprint density at radius 1 is 0.893 bits per heavy atom. The van der Waals surface area contributed by atoms with Crippen molar-refractivity contribution in [2.75, 3.05) is 0 Å². The number of hydrogen-bond donors (Lipinski definition) is 0. The van der Waals surface area contributed by atoms with Crippen LogP contribution in [0.2, 0.25) is 0 Å². The summed E-state index contributed by atoms with van der Waals surface area (Å²) in [5, 5.41) is 0. The molecule has 0 saturated carbocycles. The first kappa shape index (κ1) is 18.3. The zero-order valence-electron chi connectivity index (χ0n) is 16.7. The van der Waals surface area contributed by atoms with Crippen molar-refractivity contribution in [1.29, 1.82) is 0 Å². The summed E-state index contributed by atoms with van der Waals surface area (Å²) in [7, 11) is 0. The summed E-state index contributed by atoms with van der Waals surface area (Å²) in [6.07, 6.45) is 0.755. The van der Waals surface area contributed by atoms with Crippen molar-refractivity contribution in [2.24, 2.45) is 0 Å². The van der Waals surface area contributed by atoms with Gasteiger partial charge in [-0.15, -0.1) is 0 Å². The summed E-state index contributed by atoms with van der Waals surface area (Å²) in [6.45, 7) is 7.13. The lowest BCUT2D eigenvalue weighted by molar-refractivity contribution is 0.187. The Morgan fingerprint density at radius 3 is 2.43 bits per heavy atom. The summed E-state index contributed by atoms with van der Waals surface area (Å²) in [4.78, 5) is 4.95. The Kier molecular flexibility index (Phi) is 5.16. The van der Waals surface area contributed by atoms with Gasteiger partial charge in [-0.3, -0.25) is 0 Å². The zero-order chi connectivity index (χ0) is 19.5. The number of hydrogen-bond acceptors (Lipinski definition) is 2. The lowest BCUT2D eigenvalue weighted by Crippen LogP contribution is -2.15. The van der Waals surface area contributed by atoms with Gasteiger partial charge in [0.05, 0.1) is 11.0 Å². The molecule has 1 unspecified atom stereocenters. The van der Waals surface area contributed by atoms with Gasteiger partial charge in [-0.2, -0.15) is 0 Å². The van der Waals surface area contributed by atoms with Gasteiger partial charge in [0.15, 0.2) is 11.9 Å². The van der Waals surface area contributed by atoms with Crippen LogP contribution in [0.3, 0.4) is 0 Å². The van der Waals surface area contributed by atoms with E-state index in [-0.39, 0.29) is 6.10 Å². The van der Waals surface area contributed by atoms with E-state index in [1.165, 1.54) is 16.7 Å².